The van der Waals surface area contributed by atoms with Crippen LogP contribution < -0.4 is 21.3 Å². The summed E-state index contributed by atoms with van der Waals surface area (Å²) in [6, 6.07) is 17.2. The predicted octanol–water partition coefficient (Wildman–Crippen LogP) is 5.64. The number of hydrogen-bond acceptors (Lipinski definition) is 15. The molecule has 2 rings (SSSR count). The number of nitrogens with zero attached hydrogens (tertiary/aromatic N) is 2. The van der Waals surface area contributed by atoms with Gasteiger partial charge in [-0.05, 0) is 83.5 Å². The lowest BCUT2D eigenvalue weighted by atomic mass is 10.0. The van der Waals surface area contributed by atoms with E-state index in [1.54, 1.807) is 20.8 Å². The third-order valence-corrected chi connectivity index (χ3v) is 10.2. The number of carbonyl (C=O) groups is 7. The van der Waals surface area contributed by atoms with Gasteiger partial charge >= 0.3 is 30.2 Å². The molecule has 0 heterocycles. The van der Waals surface area contributed by atoms with E-state index in [2.05, 4.69) is 31.2 Å². The van der Waals surface area contributed by atoms with E-state index in [4.69, 9.17) is 33.2 Å². The molecule has 2 aromatic rings. The van der Waals surface area contributed by atoms with Crippen molar-refractivity contribution in [2.24, 2.45) is 10.9 Å². The van der Waals surface area contributed by atoms with Crippen molar-refractivity contribution in [3.8, 4) is 0 Å². The molecule has 20 nitrogen and oxygen atoms in total. The van der Waals surface area contributed by atoms with Gasteiger partial charge in [-0.1, -0.05) is 73.5 Å². The average molecular weight is 985 g/mol. The lowest BCUT2D eigenvalue weighted by Crippen LogP contribution is -2.42. The molecule has 0 aromatic heterocycles. The molecule has 0 aliphatic carbocycles. The van der Waals surface area contributed by atoms with Gasteiger partial charge in [-0.3, -0.25) is 14.4 Å². The zero-order valence-corrected chi connectivity index (χ0v) is 41.7. The van der Waals surface area contributed by atoms with Crippen LogP contribution in [0.25, 0.3) is 0 Å². The summed E-state index contributed by atoms with van der Waals surface area (Å²) in [6.45, 7) is 10.6. The summed E-state index contributed by atoms with van der Waals surface area (Å²) < 4.78 is 36.6. The normalized spacial score (nSPS) is 12.1. The number of hydrogen-bond donors (Lipinski definition) is 4. The first-order valence-electron chi connectivity index (χ1n) is 23.9. The number of carbonyl (C=O) groups excluding carboxylic acids is 7. The van der Waals surface area contributed by atoms with E-state index in [1.165, 1.54) is 14.2 Å². The van der Waals surface area contributed by atoms with Crippen LogP contribution in [0.15, 0.2) is 65.7 Å². The molecule has 0 fully saturated rings. The van der Waals surface area contributed by atoms with Gasteiger partial charge in [0.2, 0.25) is 11.8 Å². The maximum atomic E-state index is 12.6. The Kier molecular flexibility index (Phi) is 31.6. The van der Waals surface area contributed by atoms with Crippen molar-refractivity contribution in [1.29, 1.82) is 0 Å². The van der Waals surface area contributed by atoms with Gasteiger partial charge in [0.1, 0.15) is 24.9 Å². The van der Waals surface area contributed by atoms with Gasteiger partial charge < -0.3 is 59.3 Å². The van der Waals surface area contributed by atoms with Crippen LogP contribution >= 0.6 is 0 Å². The first-order chi connectivity index (χ1) is 33.7. The highest BCUT2D eigenvalue weighted by Crippen LogP contribution is 2.10. The van der Waals surface area contributed by atoms with Gasteiger partial charge in [0.05, 0.1) is 46.6 Å². The number of unbranched alkanes of at least 4 members (excludes halogenated alkanes) is 4. The number of esters is 2. The van der Waals surface area contributed by atoms with Crippen molar-refractivity contribution in [2.75, 3.05) is 79.9 Å². The molecule has 2 aromatic carbocycles. The minimum atomic E-state index is -1.04. The van der Waals surface area contributed by atoms with Crippen LogP contribution in [0.5, 0.6) is 0 Å². The maximum Gasteiger partial charge on any atom is 0.433 e. The zero-order chi connectivity index (χ0) is 51.2. The molecule has 0 radical (unpaired) electrons. The van der Waals surface area contributed by atoms with Crippen molar-refractivity contribution in [2.45, 2.75) is 110 Å². The standard InChI is InChI=1S/C50H76N6O14/c1-50(2,3)70-48(62)53-28-32-66-34-35-67-33-31-56(30-17-9-15-27-52-44(58)25-23-42(46(60)65-5)55-49(63)69-38-40-20-12-7-13-21-40)29-16-8-14-26-51-43(57)24-22-41(45(59)64-4)36-54-47(61)68-37-39-18-10-6-11-19-39/h6-7,10-13,18-21,36,41-42H,8-9,14-17,22-35,37-38H2,1-5H3,(H,51,57)(H,52,58)(H,53,62)(H,55,63). The van der Waals surface area contributed by atoms with Gasteiger partial charge in [0, 0.05) is 45.2 Å². The fraction of sp³-hybridized carbons (Fsp3) is 0.600. The number of ether oxygens (including phenoxy) is 7. The molecule has 0 aliphatic rings. The van der Waals surface area contributed by atoms with Crippen molar-refractivity contribution >= 4 is 48.2 Å². The molecule has 4 N–H and O–H groups in total. The topological polar surface area (TPSA) is 248 Å². The Bertz CT molecular complexity index is 1850. The van der Waals surface area contributed by atoms with Crippen LogP contribution in [0, 0.1) is 5.92 Å². The first kappa shape index (κ1) is 60.0. The summed E-state index contributed by atoms with van der Waals surface area (Å²) in [6.07, 6.45) is 4.20. The monoisotopic (exact) mass is 985 g/mol. The van der Waals surface area contributed by atoms with E-state index in [0.717, 1.165) is 69.0 Å². The number of aliphatic imine (C=N–C) groups is 1. The number of alkyl carbamates (subject to hydrolysis) is 2. The van der Waals surface area contributed by atoms with Crippen molar-refractivity contribution in [3.63, 3.8) is 0 Å². The highest BCUT2D eigenvalue weighted by atomic mass is 16.6. The molecular formula is C50H76N6O14. The number of methoxy groups -OCH3 is 2. The van der Waals surface area contributed by atoms with E-state index in [1.807, 2.05) is 60.7 Å². The molecule has 20 heteroatoms. The molecule has 5 amide bonds. The minimum absolute atomic E-state index is 0.00491. The zero-order valence-electron chi connectivity index (χ0n) is 41.7. The van der Waals surface area contributed by atoms with Crippen molar-refractivity contribution in [3.05, 3.63) is 71.8 Å². The van der Waals surface area contributed by atoms with E-state index >= 15 is 0 Å². The molecule has 2 unspecified atom stereocenters. The molecule has 0 aliphatic heterocycles. The molecule has 70 heavy (non-hydrogen) atoms. The second-order valence-corrected chi connectivity index (χ2v) is 17.1. The summed E-state index contributed by atoms with van der Waals surface area (Å²) in [5.74, 6) is -2.65. The second-order valence-electron chi connectivity index (χ2n) is 17.1. The molecular weight excluding hydrogens is 909 g/mol. The number of amides is 5. The summed E-state index contributed by atoms with van der Waals surface area (Å²) in [5, 5.41) is 10.9. The van der Waals surface area contributed by atoms with Crippen LogP contribution in [0.4, 0.5) is 14.4 Å². The highest BCUT2D eigenvalue weighted by molar-refractivity contribution is 5.94. The molecule has 0 saturated carbocycles. The summed E-state index contributed by atoms with van der Waals surface area (Å²) >= 11 is 0. The fourth-order valence-corrected chi connectivity index (χ4v) is 6.47. The Labute approximate surface area is 412 Å². The van der Waals surface area contributed by atoms with Crippen molar-refractivity contribution in [1.82, 2.24) is 26.2 Å². The summed E-state index contributed by atoms with van der Waals surface area (Å²) in [5.41, 5.74) is 1.01. The van der Waals surface area contributed by atoms with Gasteiger partial charge in [0.15, 0.2) is 0 Å². The Hall–Kier alpha value is -6.12. The Morgan fingerprint density at radius 3 is 1.70 bits per heavy atom. The Balaban J connectivity index is 1.73. The second kappa shape index (κ2) is 36.8. The summed E-state index contributed by atoms with van der Waals surface area (Å²) in [4.78, 5) is 92.1. The minimum Gasteiger partial charge on any atom is -0.469 e. The van der Waals surface area contributed by atoms with Crippen molar-refractivity contribution < 1.29 is 66.7 Å². The molecule has 0 bridgehead atoms. The Morgan fingerprint density at radius 1 is 0.600 bits per heavy atom. The smallest absolute Gasteiger partial charge is 0.433 e. The van der Waals surface area contributed by atoms with Gasteiger partial charge in [-0.2, -0.15) is 4.99 Å². The lowest BCUT2D eigenvalue weighted by molar-refractivity contribution is -0.144. The van der Waals surface area contributed by atoms with Crippen LogP contribution in [0.3, 0.4) is 0 Å². The third-order valence-electron chi connectivity index (χ3n) is 10.2. The van der Waals surface area contributed by atoms with E-state index in [9.17, 15) is 33.6 Å². The van der Waals surface area contributed by atoms with Gasteiger partial charge in [-0.15, -0.1) is 0 Å². The molecule has 2 atom stereocenters. The molecule has 0 spiro atoms. The Morgan fingerprint density at radius 2 is 1.14 bits per heavy atom. The van der Waals surface area contributed by atoms with Crippen LogP contribution in [-0.4, -0.2) is 145 Å². The van der Waals surface area contributed by atoms with Crippen LogP contribution in [0.1, 0.15) is 96.1 Å². The largest absolute Gasteiger partial charge is 0.469 e. The average Bonchev–Trinajstić information content (AvgIpc) is 3.34. The summed E-state index contributed by atoms with van der Waals surface area (Å²) in [7, 11) is 2.44. The fourth-order valence-electron chi connectivity index (χ4n) is 6.47. The highest BCUT2D eigenvalue weighted by Gasteiger charge is 2.24. The number of benzene rings is 2. The third kappa shape index (κ3) is 31.1. The van der Waals surface area contributed by atoms with Crippen LogP contribution in [0.2, 0.25) is 0 Å². The number of nitrogens with one attached hydrogen (secondary N) is 4. The van der Waals surface area contributed by atoms with Crippen LogP contribution in [-0.2, 0) is 65.5 Å². The first-order valence-corrected chi connectivity index (χ1v) is 23.9. The molecule has 0 saturated heterocycles. The van der Waals surface area contributed by atoms with E-state index < -0.39 is 47.8 Å². The van der Waals surface area contributed by atoms with Gasteiger partial charge in [-0.25, -0.2) is 19.2 Å². The predicted molar refractivity (Wildman–Crippen MR) is 261 cm³/mol. The SMILES string of the molecule is COC(=O)C(C=NC(=O)OCc1ccccc1)CCC(=O)NCCCCCN(CCCCCNC(=O)CCC(NC(=O)OCc1ccccc1)C(=O)OC)CCOCCOCCNC(=O)OC(C)(C)C. The van der Waals surface area contributed by atoms with Gasteiger partial charge in [0.25, 0.3) is 0 Å². The lowest BCUT2D eigenvalue weighted by Gasteiger charge is -2.22. The quantitative estimate of drug-likeness (QED) is 0.0282. The van der Waals surface area contributed by atoms with E-state index in [0.29, 0.717) is 52.6 Å². The maximum absolute atomic E-state index is 12.6. The molecule has 390 valence electrons. The number of rotatable bonds is 35. The van der Waals surface area contributed by atoms with E-state index in [-0.39, 0.29) is 50.7 Å².